The number of aryl methyl sites for hydroxylation is 1. The first-order chi connectivity index (χ1) is 7.58. The van der Waals surface area contributed by atoms with Gasteiger partial charge in [0.15, 0.2) is 0 Å². The van der Waals surface area contributed by atoms with Gasteiger partial charge in [0.05, 0.1) is 0 Å². The van der Waals surface area contributed by atoms with Crippen LogP contribution in [0.3, 0.4) is 0 Å². The summed E-state index contributed by atoms with van der Waals surface area (Å²) in [5.41, 5.74) is 3.71. The Kier molecular flexibility index (Phi) is 2.86. The second-order valence-electron chi connectivity index (χ2n) is 4.68. The van der Waals surface area contributed by atoms with Gasteiger partial charge < -0.3 is 10.2 Å². The highest BCUT2D eigenvalue weighted by Crippen LogP contribution is 2.34. The van der Waals surface area contributed by atoms with E-state index >= 15 is 0 Å². The molecule has 0 saturated carbocycles. The normalized spacial score (nSPS) is 18.1. The van der Waals surface area contributed by atoms with Gasteiger partial charge in [0, 0.05) is 19.8 Å². The van der Waals surface area contributed by atoms with E-state index in [2.05, 4.69) is 24.4 Å². The molecule has 0 bridgehead atoms. The Morgan fingerprint density at radius 3 is 2.88 bits per heavy atom. The molecular weight excluding hydrogens is 200 g/mol. The molecule has 1 atom stereocenters. The highest BCUT2D eigenvalue weighted by molar-refractivity contribution is 5.89. The van der Waals surface area contributed by atoms with Crippen molar-refractivity contribution in [1.82, 2.24) is 4.90 Å². The highest BCUT2D eigenvalue weighted by Gasteiger charge is 2.18. The van der Waals surface area contributed by atoms with E-state index in [-0.39, 0.29) is 6.03 Å². The number of carbonyl (C=O) groups is 1. The average Bonchev–Trinajstić information content (AvgIpc) is 2.60. The Labute approximate surface area is 96.5 Å². The van der Waals surface area contributed by atoms with Gasteiger partial charge >= 0.3 is 6.03 Å². The van der Waals surface area contributed by atoms with Crippen LogP contribution >= 0.6 is 0 Å². The van der Waals surface area contributed by atoms with E-state index in [0.717, 1.165) is 5.69 Å². The molecule has 1 aliphatic rings. The van der Waals surface area contributed by atoms with Crippen LogP contribution < -0.4 is 5.32 Å². The molecule has 0 aromatic heterocycles. The summed E-state index contributed by atoms with van der Waals surface area (Å²) in [5.74, 6) is 0.617. The first kappa shape index (κ1) is 11.0. The number of rotatable bonds is 1. The number of nitrogens with one attached hydrogen (secondary N) is 1. The van der Waals surface area contributed by atoms with Gasteiger partial charge in [0.2, 0.25) is 0 Å². The van der Waals surface area contributed by atoms with Gasteiger partial charge in [-0.1, -0.05) is 13.0 Å². The second-order valence-corrected chi connectivity index (χ2v) is 4.68. The van der Waals surface area contributed by atoms with Crippen LogP contribution in [0.15, 0.2) is 18.2 Å². The molecule has 0 radical (unpaired) electrons. The smallest absolute Gasteiger partial charge is 0.321 e. The lowest BCUT2D eigenvalue weighted by Crippen LogP contribution is -2.27. The van der Waals surface area contributed by atoms with E-state index in [9.17, 15) is 4.79 Å². The molecule has 2 rings (SSSR count). The van der Waals surface area contributed by atoms with E-state index in [0.29, 0.717) is 5.92 Å². The van der Waals surface area contributed by atoms with Gasteiger partial charge in [0.25, 0.3) is 0 Å². The molecule has 0 heterocycles. The summed E-state index contributed by atoms with van der Waals surface area (Å²) < 4.78 is 0. The maximum Gasteiger partial charge on any atom is 0.321 e. The first-order valence-corrected chi connectivity index (χ1v) is 5.69. The molecule has 1 N–H and O–H groups in total. The van der Waals surface area contributed by atoms with Crippen LogP contribution in [-0.2, 0) is 6.42 Å². The number of fused-ring (bicyclic) bond motifs is 1. The summed E-state index contributed by atoms with van der Waals surface area (Å²) in [6, 6.07) is 6.14. The lowest BCUT2D eigenvalue weighted by atomic mass is 10.0. The van der Waals surface area contributed by atoms with E-state index in [1.165, 1.54) is 28.9 Å². The monoisotopic (exact) mass is 218 g/mol. The minimum absolute atomic E-state index is 0.0781. The van der Waals surface area contributed by atoms with Gasteiger partial charge in [-0.05, 0) is 42.0 Å². The first-order valence-electron chi connectivity index (χ1n) is 5.69. The molecular formula is C13H18N2O. The van der Waals surface area contributed by atoms with Crippen molar-refractivity contribution in [2.75, 3.05) is 19.4 Å². The Bertz CT molecular complexity index is 412. The van der Waals surface area contributed by atoms with E-state index in [1.54, 1.807) is 14.1 Å². The van der Waals surface area contributed by atoms with Crippen molar-refractivity contribution in [2.24, 2.45) is 0 Å². The Morgan fingerprint density at radius 2 is 2.19 bits per heavy atom. The van der Waals surface area contributed by atoms with Gasteiger partial charge in [-0.3, -0.25) is 0 Å². The van der Waals surface area contributed by atoms with Crippen LogP contribution in [0.25, 0.3) is 0 Å². The molecule has 1 unspecified atom stereocenters. The number of hydrogen-bond donors (Lipinski definition) is 1. The van der Waals surface area contributed by atoms with Crippen LogP contribution in [0.5, 0.6) is 0 Å². The number of hydrogen-bond acceptors (Lipinski definition) is 1. The highest BCUT2D eigenvalue weighted by atomic mass is 16.2. The molecule has 1 aromatic rings. The summed E-state index contributed by atoms with van der Waals surface area (Å²) in [5, 5.41) is 2.88. The third-order valence-electron chi connectivity index (χ3n) is 3.18. The predicted octanol–water partition coefficient (Wildman–Crippen LogP) is 2.83. The standard InChI is InChI=1S/C13H18N2O/c1-9-4-5-10-6-7-11(8-12(9)10)14-13(16)15(2)3/h6-9H,4-5H2,1-3H3,(H,14,16). The van der Waals surface area contributed by atoms with Gasteiger partial charge in [-0.15, -0.1) is 0 Å². The predicted molar refractivity (Wildman–Crippen MR) is 65.9 cm³/mol. The number of amides is 2. The Hall–Kier alpha value is -1.51. The minimum Gasteiger partial charge on any atom is -0.331 e. The number of nitrogens with zero attached hydrogens (tertiary/aromatic N) is 1. The quantitative estimate of drug-likeness (QED) is 0.772. The van der Waals surface area contributed by atoms with Crippen molar-refractivity contribution in [1.29, 1.82) is 0 Å². The minimum atomic E-state index is -0.0781. The van der Waals surface area contributed by atoms with Crippen molar-refractivity contribution in [2.45, 2.75) is 25.7 Å². The van der Waals surface area contributed by atoms with E-state index < -0.39 is 0 Å². The summed E-state index contributed by atoms with van der Waals surface area (Å²) in [6.07, 6.45) is 2.39. The number of carbonyl (C=O) groups excluding carboxylic acids is 1. The van der Waals surface area contributed by atoms with Crippen LogP contribution in [0.1, 0.15) is 30.4 Å². The van der Waals surface area contributed by atoms with Gasteiger partial charge in [0.1, 0.15) is 0 Å². The van der Waals surface area contributed by atoms with Crippen molar-refractivity contribution in [3.8, 4) is 0 Å². The van der Waals surface area contributed by atoms with Crippen molar-refractivity contribution >= 4 is 11.7 Å². The van der Waals surface area contributed by atoms with E-state index in [4.69, 9.17) is 0 Å². The summed E-state index contributed by atoms with van der Waals surface area (Å²) in [4.78, 5) is 13.0. The topological polar surface area (TPSA) is 32.3 Å². The fraction of sp³-hybridized carbons (Fsp3) is 0.462. The fourth-order valence-electron chi connectivity index (χ4n) is 2.12. The zero-order valence-electron chi connectivity index (χ0n) is 10.1. The third-order valence-corrected chi connectivity index (χ3v) is 3.18. The Balaban J connectivity index is 2.18. The lowest BCUT2D eigenvalue weighted by molar-refractivity contribution is 0.230. The molecule has 0 spiro atoms. The zero-order chi connectivity index (χ0) is 11.7. The second kappa shape index (κ2) is 4.16. The van der Waals surface area contributed by atoms with Crippen LogP contribution in [0, 0.1) is 0 Å². The molecule has 2 amide bonds. The van der Waals surface area contributed by atoms with Crippen molar-refractivity contribution in [3.05, 3.63) is 29.3 Å². The lowest BCUT2D eigenvalue weighted by Gasteiger charge is -2.13. The van der Waals surface area contributed by atoms with Crippen molar-refractivity contribution < 1.29 is 4.79 Å². The molecule has 3 nitrogen and oxygen atoms in total. The van der Waals surface area contributed by atoms with Crippen LogP contribution in [-0.4, -0.2) is 25.0 Å². The molecule has 0 fully saturated rings. The molecule has 1 aliphatic carbocycles. The SMILES string of the molecule is CC1CCc2ccc(NC(=O)N(C)C)cc21. The maximum absolute atomic E-state index is 11.5. The number of anilines is 1. The van der Waals surface area contributed by atoms with Crippen molar-refractivity contribution in [3.63, 3.8) is 0 Å². The average molecular weight is 218 g/mol. The maximum atomic E-state index is 11.5. The molecule has 0 aliphatic heterocycles. The van der Waals surface area contributed by atoms with Gasteiger partial charge in [-0.2, -0.15) is 0 Å². The van der Waals surface area contributed by atoms with Crippen LogP contribution in [0.2, 0.25) is 0 Å². The molecule has 16 heavy (non-hydrogen) atoms. The third kappa shape index (κ3) is 2.03. The zero-order valence-corrected chi connectivity index (χ0v) is 10.1. The summed E-state index contributed by atoms with van der Waals surface area (Å²) >= 11 is 0. The summed E-state index contributed by atoms with van der Waals surface area (Å²) in [7, 11) is 3.48. The number of benzene rings is 1. The molecule has 3 heteroatoms. The number of urea groups is 1. The largest absolute Gasteiger partial charge is 0.331 e. The van der Waals surface area contributed by atoms with E-state index in [1.807, 2.05) is 6.07 Å². The Morgan fingerprint density at radius 1 is 1.44 bits per heavy atom. The molecule has 86 valence electrons. The molecule has 1 aromatic carbocycles. The van der Waals surface area contributed by atoms with Crippen LogP contribution in [0.4, 0.5) is 10.5 Å². The van der Waals surface area contributed by atoms with Gasteiger partial charge in [-0.25, -0.2) is 4.79 Å². The summed E-state index contributed by atoms with van der Waals surface area (Å²) in [6.45, 7) is 2.24. The fourth-order valence-corrected chi connectivity index (χ4v) is 2.12. The molecule has 0 saturated heterocycles.